The van der Waals surface area contributed by atoms with Crippen molar-refractivity contribution in [3.8, 4) is 0 Å². The third-order valence-electron chi connectivity index (χ3n) is 2.92. The maximum atomic E-state index is 6.23. The molecule has 0 radical (unpaired) electrons. The molecule has 18 heavy (non-hydrogen) atoms. The Morgan fingerprint density at radius 2 is 1.78 bits per heavy atom. The predicted molar refractivity (Wildman–Crippen MR) is 69.8 cm³/mol. The maximum Gasteiger partial charge on any atom is 0.149 e. The lowest BCUT2D eigenvalue weighted by molar-refractivity contribution is 0.786. The lowest BCUT2D eigenvalue weighted by Gasteiger charge is -2.12. The second-order valence-corrected chi connectivity index (χ2v) is 4.03. The van der Waals surface area contributed by atoms with Crippen LogP contribution in [0.25, 0.3) is 10.8 Å². The number of nitrogens with zero attached hydrogens (tertiary/aromatic N) is 3. The molecule has 4 heteroatoms. The zero-order valence-corrected chi connectivity index (χ0v) is 9.69. The molecule has 1 unspecified atom stereocenters. The van der Waals surface area contributed by atoms with Gasteiger partial charge in [0, 0.05) is 30.2 Å². The molecule has 0 saturated carbocycles. The Labute approximate surface area is 105 Å². The lowest BCUT2D eigenvalue weighted by Crippen LogP contribution is -2.15. The van der Waals surface area contributed by atoms with Crippen LogP contribution >= 0.6 is 0 Å². The van der Waals surface area contributed by atoms with E-state index >= 15 is 0 Å². The minimum absolute atomic E-state index is 0.334. The molecule has 3 rings (SSSR count). The molecule has 1 aromatic carbocycles. The van der Waals surface area contributed by atoms with Gasteiger partial charge in [0.2, 0.25) is 0 Å². The van der Waals surface area contributed by atoms with Crippen molar-refractivity contribution in [1.29, 1.82) is 0 Å². The highest BCUT2D eigenvalue weighted by molar-refractivity contribution is 5.85. The third kappa shape index (κ3) is 1.83. The number of rotatable bonds is 2. The SMILES string of the molecule is NC(c1ncccn1)c1cccc2ccncc12. The van der Waals surface area contributed by atoms with Crippen LogP contribution in [-0.2, 0) is 0 Å². The smallest absolute Gasteiger partial charge is 0.149 e. The van der Waals surface area contributed by atoms with E-state index < -0.39 is 0 Å². The number of aromatic nitrogens is 3. The Hall–Kier alpha value is -2.33. The van der Waals surface area contributed by atoms with Gasteiger partial charge in [-0.15, -0.1) is 0 Å². The van der Waals surface area contributed by atoms with Gasteiger partial charge in [0.1, 0.15) is 5.82 Å². The number of hydrogen-bond acceptors (Lipinski definition) is 4. The molecule has 0 amide bonds. The van der Waals surface area contributed by atoms with Crippen molar-refractivity contribution in [3.05, 3.63) is 66.5 Å². The van der Waals surface area contributed by atoms with E-state index in [1.807, 2.05) is 30.5 Å². The quantitative estimate of drug-likeness (QED) is 0.739. The van der Waals surface area contributed by atoms with E-state index in [-0.39, 0.29) is 6.04 Å². The highest BCUT2D eigenvalue weighted by atomic mass is 14.9. The molecule has 2 N–H and O–H groups in total. The Morgan fingerprint density at radius 3 is 2.61 bits per heavy atom. The van der Waals surface area contributed by atoms with E-state index in [9.17, 15) is 0 Å². The second kappa shape index (κ2) is 4.50. The summed E-state index contributed by atoms with van der Waals surface area (Å²) in [6.45, 7) is 0. The van der Waals surface area contributed by atoms with Gasteiger partial charge < -0.3 is 5.73 Å². The molecule has 0 aliphatic carbocycles. The highest BCUT2D eigenvalue weighted by Gasteiger charge is 2.13. The fourth-order valence-electron chi connectivity index (χ4n) is 2.02. The summed E-state index contributed by atoms with van der Waals surface area (Å²) < 4.78 is 0. The first-order valence-corrected chi connectivity index (χ1v) is 5.71. The summed E-state index contributed by atoms with van der Waals surface area (Å²) in [7, 11) is 0. The highest BCUT2D eigenvalue weighted by Crippen LogP contribution is 2.24. The van der Waals surface area contributed by atoms with E-state index in [1.54, 1.807) is 24.7 Å². The van der Waals surface area contributed by atoms with Crippen LogP contribution in [0.1, 0.15) is 17.4 Å². The monoisotopic (exact) mass is 236 g/mol. The first kappa shape index (κ1) is 10.8. The zero-order valence-electron chi connectivity index (χ0n) is 9.69. The van der Waals surface area contributed by atoms with Crippen molar-refractivity contribution in [2.45, 2.75) is 6.04 Å². The topological polar surface area (TPSA) is 64.7 Å². The molecule has 2 heterocycles. The maximum absolute atomic E-state index is 6.23. The van der Waals surface area contributed by atoms with Crippen LogP contribution in [0.4, 0.5) is 0 Å². The first-order chi connectivity index (χ1) is 8.86. The summed E-state index contributed by atoms with van der Waals surface area (Å²) in [5, 5.41) is 2.16. The lowest BCUT2D eigenvalue weighted by atomic mass is 10.0. The molecule has 1 atom stereocenters. The molecule has 0 bridgehead atoms. The Morgan fingerprint density at radius 1 is 0.944 bits per heavy atom. The van der Waals surface area contributed by atoms with Gasteiger partial charge in [-0.1, -0.05) is 18.2 Å². The zero-order chi connectivity index (χ0) is 12.4. The molecule has 88 valence electrons. The van der Waals surface area contributed by atoms with Crippen molar-refractivity contribution < 1.29 is 0 Å². The summed E-state index contributed by atoms with van der Waals surface area (Å²) in [4.78, 5) is 12.6. The minimum atomic E-state index is -0.334. The van der Waals surface area contributed by atoms with E-state index in [0.29, 0.717) is 5.82 Å². The van der Waals surface area contributed by atoms with Gasteiger partial charge in [-0.3, -0.25) is 4.98 Å². The van der Waals surface area contributed by atoms with Gasteiger partial charge in [-0.25, -0.2) is 9.97 Å². The number of fused-ring (bicyclic) bond motifs is 1. The minimum Gasteiger partial charge on any atom is -0.318 e. The Balaban J connectivity index is 2.15. The van der Waals surface area contributed by atoms with Crippen LogP contribution in [-0.4, -0.2) is 15.0 Å². The van der Waals surface area contributed by atoms with E-state index in [2.05, 4.69) is 15.0 Å². The Kier molecular flexibility index (Phi) is 2.70. The van der Waals surface area contributed by atoms with Crippen molar-refractivity contribution >= 4 is 10.8 Å². The summed E-state index contributed by atoms with van der Waals surface area (Å²) in [5.74, 6) is 0.619. The van der Waals surface area contributed by atoms with Crippen LogP contribution in [0.2, 0.25) is 0 Å². The molecule has 4 nitrogen and oxygen atoms in total. The predicted octanol–water partition coefficient (Wildman–Crippen LogP) is 2.07. The summed E-state index contributed by atoms with van der Waals surface area (Å²) in [6, 6.07) is 9.43. The van der Waals surface area contributed by atoms with E-state index in [1.165, 1.54) is 0 Å². The Bertz CT molecular complexity index is 661. The van der Waals surface area contributed by atoms with Gasteiger partial charge in [0.15, 0.2) is 0 Å². The largest absolute Gasteiger partial charge is 0.318 e. The summed E-state index contributed by atoms with van der Waals surface area (Å²) in [5.41, 5.74) is 7.22. The van der Waals surface area contributed by atoms with Crippen molar-refractivity contribution in [2.24, 2.45) is 5.73 Å². The average molecular weight is 236 g/mol. The normalized spacial score (nSPS) is 12.5. The molecule has 0 fully saturated rings. The molecule has 0 aliphatic heterocycles. The number of nitrogens with two attached hydrogens (primary N) is 1. The number of benzene rings is 1. The van der Waals surface area contributed by atoms with Crippen molar-refractivity contribution in [1.82, 2.24) is 15.0 Å². The summed E-state index contributed by atoms with van der Waals surface area (Å²) in [6.07, 6.45) is 7.00. The van der Waals surface area contributed by atoms with Crippen molar-refractivity contribution in [3.63, 3.8) is 0 Å². The molecule has 3 aromatic rings. The molecular weight excluding hydrogens is 224 g/mol. The van der Waals surface area contributed by atoms with Gasteiger partial charge in [-0.05, 0) is 23.1 Å². The van der Waals surface area contributed by atoms with Crippen LogP contribution in [0.3, 0.4) is 0 Å². The molecule has 0 saturated heterocycles. The number of pyridine rings is 1. The fraction of sp³-hybridized carbons (Fsp3) is 0.0714. The van der Waals surface area contributed by atoms with Crippen LogP contribution in [0, 0.1) is 0 Å². The molecular formula is C14H12N4. The average Bonchev–Trinajstić information content (AvgIpc) is 2.47. The van der Waals surface area contributed by atoms with Gasteiger partial charge >= 0.3 is 0 Å². The standard InChI is InChI=1S/C14H12N4/c15-13(14-17-6-2-7-18-14)11-4-1-3-10-5-8-16-9-12(10)11/h1-9,13H,15H2. The third-order valence-corrected chi connectivity index (χ3v) is 2.92. The van der Waals surface area contributed by atoms with Crippen LogP contribution in [0.5, 0.6) is 0 Å². The van der Waals surface area contributed by atoms with Gasteiger partial charge in [0.05, 0.1) is 6.04 Å². The van der Waals surface area contributed by atoms with Gasteiger partial charge in [-0.2, -0.15) is 0 Å². The van der Waals surface area contributed by atoms with Crippen LogP contribution < -0.4 is 5.73 Å². The van der Waals surface area contributed by atoms with Crippen LogP contribution in [0.15, 0.2) is 55.1 Å². The van der Waals surface area contributed by atoms with E-state index in [0.717, 1.165) is 16.3 Å². The summed E-state index contributed by atoms with van der Waals surface area (Å²) >= 11 is 0. The molecule has 0 spiro atoms. The van der Waals surface area contributed by atoms with Gasteiger partial charge in [0.25, 0.3) is 0 Å². The number of hydrogen-bond donors (Lipinski definition) is 1. The fourth-order valence-corrected chi connectivity index (χ4v) is 2.02. The molecule has 0 aliphatic rings. The second-order valence-electron chi connectivity index (χ2n) is 4.03. The van der Waals surface area contributed by atoms with E-state index in [4.69, 9.17) is 5.73 Å². The molecule has 2 aromatic heterocycles. The first-order valence-electron chi connectivity index (χ1n) is 5.71. The van der Waals surface area contributed by atoms with Crippen molar-refractivity contribution in [2.75, 3.05) is 0 Å².